The smallest absolute Gasteiger partial charge is 0.269 e. The van der Waals surface area contributed by atoms with Gasteiger partial charge in [-0.3, -0.25) is 19.1 Å². The zero-order chi connectivity index (χ0) is 16.4. The molecule has 0 bridgehead atoms. The van der Waals surface area contributed by atoms with E-state index in [4.69, 9.17) is 9.11 Å². The van der Waals surface area contributed by atoms with Crippen LogP contribution >= 0.6 is 0 Å². The van der Waals surface area contributed by atoms with Crippen molar-refractivity contribution in [2.45, 2.75) is 11.5 Å². The summed E-state index contributed by atoms with van der Waals surface area (Å²) in [6.45, 7) is 0. The van der Waals surface area contributed by atoms with E-state index in [1.54, 1.807) is 0 Å². The molecule has 0 aliphatic rings. The van der Waals surface area contributed by atoms with E-state index in [9.17, 15) is 16.8 Å². The molecule has 0 saturated carbocycles. The Labute approximate surface area is 127 Å². The van der Waals surface area contributed by atoms with Gasteiger partial charge in [-0.1, -0.05) is 12.1 Å². The van der Waals surface area contributed by atoms with Crippen molar-refractivity contribution in [2.75, 3.05) is 0 Å². The Kier molecular flexibility index (Phi) is 4.56. The lowest BCUT2D eigenvalue weighted by atomic mass is 10.2. The third-order valence-electron chi connectivity index (χ3n) is 2.61. The molecule has 0 atom stereocenters. The van der Waals surface area contributed by atoms with Crippen LogP contribution in [-0.4, -0.2) is 35.9 Å². The molecule has 0 spiro atoms. The summed E-state index contributed by atoms with van der Waals surface area (Å²) < 4.78 is 60.5. The third kappa shape index (κ3) is 5.15. The van der Waals surface area contributed by atoms with Crippen LogP contribution in [0.5, 0.6) is 0 Å². The minimum absolute atomic E-state index is 0.328. The van der Waals surface area contributed by atoms with E-state index >= 15 is 0 Å². The van der Waals surface area contributed by atoms with Crippen molar-refractivity contribution in [2.24, 2.45) is 0 Å². The summed E-state index contributed by atoms with van der Waals surface area (Å²) >= 11 is 0. The van der Waals surface area contributed by atoms with Crippen LogP contribution in [0.25, 0.3) is 11.4 Å². The fraction of sp³-hybridized carbons (Fsp3) is 0.167. The highest BCUT2D eigenvalue weighted by atomic mass is 32.2. The minimum Gasteiger partial charge on any atom is -0.285 e. The van der Waals surface area contributed by atoms with Gasteiger partial charge in [0.05, 0.1) is 11.4 Å². The van der Waals surface area contributed by atoms with Crippen LogP contribution in [0.1, 0.15) is 11.1 Å². The Balaban J connectivity index is 2.18. The van der Waals surface area contributed by atoms with Crippen molar-refractivity contribution in [3.8, 4) is 11.4 Å². The van der Waals surface area contributed by atoms with Crippen molar-refractivity contribution in [3.05, 3.63) is 47.8 Å². The van der Waals surface area contributed by atoms with E-state index < -0.39 is 31.7 Å². The van der Waals surface area contributed by atoms with E-state index in [0.717, 1.165) is 0 Å². The van der Waals surface area contributed by atoms with Gasteiger partial charge in [0, 0.05) is 12.4 Å². The molecule has 2 heterocycles. The summed E-state index contributed by atoms with van der Waals surface area (Å²) in [5.41, 5.74) is 1.57. The second kappa shape index (κ2) is 6.08. The highest BCUT2D eigenvalue weighted by Crippen LogP contribution is 2.16. The van der Waals surface area contributed by atoms with Crippen molar-refractivity contribution in [3.63, 3.8) is 0 Å². The lowest BCUT2D eigenvalue weighted by Crippen LogP contribution is -2.03. The van der Waals surface area contributed by atoms with Gasteiger partial charge in [0.2, 0.25) is 0 Å². The Morgan fingerprint density at radius 2 is 1.09 bits per heavy atom. The molecule has 0 amide bonds. The van der Waals surface area contributed by atoms with Gasteiger partial charge in [-0.25, -0.2) is 0 Å². The first-order valence-corrected chi connectivity index (χ1v) is 9.15. The maximum Gasteiger partial charge on any atom is 0.269 e. The van der Waals surface area contributed by atoms with Crippen molar-refractivity contribution >= 4 is 20.2 Å². The van der Waals surface area contributed by atoms with Crippen LogP contribution in [0.15, 0.2) is 36.7 Å². The third-order valence-corrected chi connectivity index (χ3v) is 4.01. The van der Waals surface area contributed by atoms with E-state index in [2.05, 4.69) is 9.97 Å². The number of hydrogen-bond acceptors (Lipinski definition) is 6. The van der Waals surface area contributed by atoms with Gasteiger partial charge in [0.25, 0.3) is 20.2 Å². The first kappa shape index (κ1) is 16.5. The summed E-state index contributed by atoms with van der Waals surface area (Å²) in [5, 5.41) is 0. The maximum absolute atomic E-state index is 10.8. The molecular formula is C12H12N2O6S2. The van der Waals surface area contributed by atoms with Crippen molar-refractivity contribution < 1.29 is 25.9 Å². The summed E-state index contributed by atoms with van der Waals surface area (Å²) in [4.78, 5) is 8.06. The van der Waals surface area contributed by atoms with E-state index in [1.807, 2.05) is 0 Å². The summed E-state index contributed by atoms with van der Waals surface area (Å²) in [6.07, 6.45) is 2.60. The highest BCUT2D eigenvalue weighted by molar-refractivity contribution is 7.85. The largest absolute Gasteiger partial charge is 0.285 e. The average molecular weight is 344 g/mol. The van der Waals surface area contributed by atoms with Crippen LogP contribution in [0, 0.1) is 0 Å². The second-order valence-corrected chi connectivity index (χ2v) is 7.46. The van der Waals surface area contributed by atoms with E-state index in [1.165, 1.54) is 36.7 Å². The topological polar surface area (TPSA) is 135 Å². The molecule has 2 N–H and O–H groups in total. The molecular weight excluding hydrogens is 332 g/mol. The molecule has 10 heteroatoms. The zero-order valence-electron chi connectivity index (χ0n) is 11.1. The number of nitrogens with zero attached hydrogens (tertiary/aromatic N) is 2. The van der Waals surface area contributed by atoms with Crippen LogP contribution in [0.2, 0.25) is 0 Å². The number of aromatic nitrogens is 2. The summed E-state index contributed by atoms with van der Waals surface area (Å²) in [7, 11) is -8.23. The van der Waals surface area contributed by atoms with Crippen molar-refractivity contribution in [1.29, 1.82) is 0 Å². The van der Waals surface area contributed by atoms with Crippen LogP contribution < -0.4 is 0 Å². The molecule has 2 aromatic rings. The molecule has 0 radical (unpaired) electrons. The Hall–Kier alpha value is -1.88. The summed E-state index contributed by atoms with van der Waals surface area (Å²) in [5.74, 6) is -1.05. The van der Waals surface area contributed by atoms with Crippen LogP contribution in [-0.2, 0) is 31.7 Å². The molecule has 0 aliphatic carbocycles. The molecule has 22 heavy (non-hydrogen) atoms. The van der Waals surface area contributed by atoms with Crippen molar-refractivity contribution in [1.82, 2.24) is 9.97 Å². The molecule has 0 fully saturated rings. The Morgan fingerprint density at radius 1 is 0.727 bits per heavy atom. The molecule has 8 nitrogen and oxygen atoms in total. The highest BCUT2D eigenvalue weighted by Gasteiger charge is 2.09. The monoisotopic (exact) mass is 344 g/mol. The molecule has 118 valence electrons. The van der Waals surface area contributed by atoms with Gasteiger partial charge in [0.15, 0.2) is 0 Å². The predicted molar refractivity (Wildman–Crippen MR) is 78.0 cm³/mol. The SMILES string of the molecule is O=S(=O)(O)Cc1ccc(-c2ccc(CS(=O)(=O)O)cn2)nc1. The first-order valence-electron chi connectivity index (χ1n) is 5.93. The minimum atomic E-state index is -4.11. The Morgan fingerprint density at radius 3 is 1.32 bits per heavy atom. The second-order valence-electron chi connectivity index (χ2n) is 4.56. The number of pyridine rings is 2. The molecule has 0 aromatic carbocycles. The van der Waals surface area contributed by atoms with Gasteiger partial charge in [-0.05, 0) is 23.3 Å². The number of rotatable bonds is 5. The lowest BCUT2D eigenvalue weighted by Gasteiger charge is -2.03. The average Bonchev–Trinajstić information content (AvgIpc) is 2.37. The zero-order valence-corrected chi connectivity index (χ0v) is 12.7. The molecule has 0 saturated heterocycles. The van der Waals surface area contributed by atoms with Crippen LogP contribution in [0.4, 0.5) is 0 Å². The maximum atomic E-state index is 10.8. The quantitative estimate of drug-likeness (QED) is 0.765. The van der Waals surface area contributed by atoms with Gasteiger partial charge in [-0.15, -0.1) is 0 Å². The van der Waals surface area contributed by atoms with Crippen LogP contribution in [0.3, 0.4) is 0 Å². The van der Waals surface area contributed by atoms with Gasteiger partial charge in [0.1, 0.15) is 11.5 Å². The molecule has 0 unspecified atom stereocenters. The molecule has 2 aromatic heterocycles. The van der Waals surface area contributed by atoms with E-state index in [-0.39, 0.29) is 0 Å². The standard InChI is InChI=1S/C12H12N2O6S2/c15-21(16,17)7-9-1-3-11(13-5-9)12-4-2-10(6-14-12)8-22(18,19)20/h1-6H,7-8H2,(H,15,16,17)(H,18,19,20). The van der Waals surface area contributed by atoms with Gasteiger partial charge < -0.3 is 0 Å². The summed E-state index contributed by atoms with van der Waals surface area (Å²) in [6, 6.07) is 6.05. The van der Waals surface area contributed by atoms with E-state index in [0.29, 0.717) is 22.5 Å². The van der Waals surface area contributed by atoms with Gasteiger partial charge in [-0.2, -0.15) is 16.8 Å². The number of hydrogen-bond donors (Lipinski definition) is 2. The normalized spacial score (nSPS) is 12.3. The first-order chi connectivity index (χ1) is 10.1. The lowest BCUT2D eigenvalue weighted by molar-refractivity contribution is 0.479. The Bertz CT molecular complexity index is 783. The predicted octanol–water partition coefficient (Wildman–Crippen LogP) is 0.919. The molecule has 2 rings (SSSR count). The van der Waals surface area contributed by atoms with Gasteiger partial charge >= 0.3 is 0 Å². The fourth-order valence-electron chi connectivity index (χ4n) is 1.74. The fourth-order valence-corrected chi connectivity index (χ4v) is 2.93. The molecule has 0 aliphatic heterocycles.